The fourth-order valence-corrected chi connectivity index (χ4v) is 3.37. The topological polar surface area (TPSA) is 41.5 Å². The maximum atomic E-state index is 12.1. The van der Waals surface area contributed by atoms with E-state index in [0.29, 0.717) is 15.1 Å². The van der Waals surface area contributed by atoms with Crippen molar-refractivity contribution in [3.8, 4) is 0 Å². The van der Waals surface area contributed by atoms with E-state index in [4.69, 9.17) is 11.6 Å². The standard InChI is InChI=1S/C17H12BrClN2OS/c1-10-8-13(19)6-7-14(10)20-17-21-16(22)15(23-17)9-11-2-4-12(18)5-3-11/h2-9H,1H3,(H,20,21,22)/b15-9+. The zero-order valence-corrected chi connectivity index (χ0v) is 15.3. The van der Waals surface area contributed by atoms with Gasteiger partial charge in [0.05, 0.1) is 10.6 Å². The van der Waals surface area contributed by atoms with Gasteiger partial charge in [-0.05, 0) is 66.2 Å². The van der Waals surface area contributed by atoms with Crippen molar-refractivity contribution < 1.29 is 4.79 Å². The molecule has 3 rings (SSSR count). The molecule has 0 radical (unpaired) electrons. The molecule has 1 aliphatic rings. The maximum absolute atomic E-state index is 12.1. The van der Waals surface area contributed by atoms with Gasteiger partial charge in [0, 0.05) is 9.50 Å². The van der Waals surface area contributed by atoms with Gasteiger partial charge < -0.3 is 5.32 Å². The van der Waals surface area contributed by atoms with Crippen LogP contribution in [0.2, 0.25) is 5.02 Å². The summed E-state index contributed by atoms with van der Waals surface area (Å²) in [5.74, 6) is -0.136. The van der Waals surface area contributed by atoms with Crippen LogP contribution in [0.15, 0.2) is 56.8 Å². The summed E-state index contributed by atoms with van der Waals surface area (Å²) in [5.41, 5.74) is 2.72. The second kappa shape index (κ2) is 6.91. The number of hydrogen-bond donors (Lipinski definition) is 1. The minimum Gasteiger partial charge on any atom is -0.300 e. The van der Waals surface area contributed by atoms with Crippen LogP contribution in [-0.4, -0.2) is 11.1 Å². The third-order valence-electron chi connectivity index (χ3n) is 3.20. The molecule has 1 fully saturated rings. The van der Waals surface area contributed by atoms with Crippen LogP contribution in [0.25, 0.3) is 6.08 Å². The quantitative estimate of drug-likeness (QED) is 0.686. The minimum atomic E-state index is -0.136. The van der Waals surface area contributed by atoms with Crippen molar-refractivity contribution in [3.05, 3.63) is 68.0 Å². The summed E-state index contributed by atoms with van der Waals surface area (Å²) in [6.07, 6.45) is 1.85. The van der Waals surface area contributed by atoms with E-state index in [1.807, 2.05) is 49.4 Å². The number of amides is 1. The van der Waals surface area contributed by atoms with Crippen molar-refractivity contribution in [2.45, 2.75) is 6.92 Å². The number of carbonyl (C=O) groups excluding carboxylic acids is 1. The van der Waals surface area contributed by atoms with Crippen LogP contribution in [0.3, 0.4) is 0 Å². The first kappa shape index (κ1) is 16.3. The lowest BCUT2D eigenvalue weighted by Crippen LogP contribution is -2.19. The van der Waals surface area contributed by atoms with E-state index >= 15 is 0 Å². The molecule has 1 aliphatic heterocycles. The molecule has 0 bridgehead atoms. The van der Waals surface area contributed by atoms with Crippen LogP contribution in [0, 0.1) is 6.92 Å². The van der Waals surface area contributed by atoms with Crippen molar-refractivity contribution in [2.24, 2.45) is 4.99 Å². The normalized spacial score (nSPS) is 17.8. The molecule has 23 heavy (non-hydrogen) atoms. The van der Waals surface area contributed by atoms with Crippen LogP contribution in [-0.2, 0) is 4.79 Å². The largest absolute Gasteiger partial charge is 0.300 e. The van der Waals surface area contributed by atoms with Crippen LogP contribution < -0.4 is 5.32 Å². The predicted molar refractivity (Wildman–Crippen MR) is 101 cm³/mol. The van der Waals surface area contributed by atoms with Gasteiger partial charge in [-0.2, -0.15) is 0 Å². The van der Waals surface area contributed by atoms with Gasteiger partial charge in [-0.25, -0.2) is 4.99 Å². The first-order chi connectivity index (χ1) is 11.0. The third kappa shape index (κ3) is 4.05. The van der Waals surface area contributed by atoms with Crippen molar-refractivity contribution in [3.63, 3.8) is 0 Å². The fourth-order valence-electron chi connectivity index (χ4n) is 2.04. The molecule has 0 aromatic heterocycles. The molecular formula is C17H12BrClN2OS. The summed E-state index contributed by atoms with van der Waals surface area (Å²) < 4.78 is 1.00. The molecule has 116 valence electrons. The number of nitrogens with zero attached hydrogens (tertiary/aromatic N) is 1. The van der Waals surface area contributed by atoms with Crippen LogP contribution in [0.5, 0.6) is 0 Å². The number of benzene rings is 2. The van der Waals surface area contributed by atoms with Gasteiger partial charge in [0.15, 0.2) is 5.17 Å². The van der Waals surface area contributed by atoms with E-state index in [1.165, 1.54) is 11.8 Å². The predicted octanol–water partition coefficient (Wildman–Crippen LogP) is 5.30. The van der Waals surface area contributed by atoms with Gasteiger partial charge >= 0.3 is 0 Å². The Hall–Kier alpha value is -1.56. The van der Waals surface area contributed by atoms with Gasteiger partial charge in [-0.3, -0.25) is 4.79 Å². The third-order valence-corrected chi connectivity index (χ3v) is 4.87. The molecule has 1 N–H and O–H groups in total. The number of aliphatic imine (C=N–C) groups is 1. The highest BCUT2D eigenvalue weighted by atomic mass is 79.9. The summed E-state index contributed by atoms with van der Waals surface area (Å²) in [4.78, 5) is 17.2. The molecule has 2 aromatic carbocycles. The van der Waals surface area contributed by atoms with E-state index in [9.17, 15) is 4.79 Å². The second-order valence-electron chi connectivity index (χ2n) is 4.96. The first-order valence-corrected chi connectivity index (χ1v) is 8.81. The maximum Gasteiger partial charge on any atom is 0.264 e. The number of amidine groups is 1. The van der Waals surface area contributed by atoms with E-state index in [2.05, 4.69) is 26.2 Å². The smallest absolute Gasteiger partial charge is 0.264 e. The molecule has 0 spiro atoms. The van der Waals surface area contributed by atoms with E-state index < -0.39 is 0 Å². The van der Waals surface area contributed by atoms with Gasteiger partial charge in [-0.1, -0.05) is 39.7 Å². The molecule has 1 heterocycles. The number of carbonyl (C=O) groups is 1. The van der Waals surface area contributed by atoms with Crippen molar-refractivity contribution >= 4 is 62.1 Å². The van der Waals surface area contributed by atoms with Crippen LogP contribution >= 0.6 is 39.3 Å². The molecule has 2 aromatic rings. The van der Waals surface area contributed by atoms with E-state index in [0.717, 1.165) is 21.3 Å². The average Bonchev–Trinajstić information content (AvgIpc) is 2.84. The summed E-state index contributed by atoms with van der Waals surface area (Å²) in [6.45, 7) is 1.94. The van der Waals surface area contributed by atoms with Crippen molar-refractivity contribution in [2.75, 3.05) is 0 Å². The fraction of sp³-hybridized carbons (Fsp3) is 0.0588. The SMILES string of the molecule is Cc1cc(Cl)ccc1N=C1NC(=O)/C(=C\c2ccc(Br)cc2)S1. The Labute approximate surface area is 152 Å². The molecule has 1 amide bonds. The molecule has 3 nitrogen and oxygen atoms in total. The average molecular weight is 408 g/mol. The summed E-state index contributed by atoms with van der Waals surface area (Å²) in [6, 6.07) is 13.3. The lowest BCUT2D eigenvalue weighted by Gasteiger charge is -2.01. The highest BCUT2D eigenvalue weighted by molar-refractivity contribution is 9.10. The lowest BCUT2D eigenvalue weighted by molar-refractivity contribution is -0.115. The Bertz CT molecular complexity index is 831. The Morgan fingerprint density at radius 2 is 1.96 bits per heavy atom. The van der Waals surface area contributed by atoms with Crippen LogP contribution in [0.4, 0.5) is 5.69 Å². The van der Waals surface area contributed by atoms with Crippen molar-refractivity contribution in [1.82, 2.24) is 5.32 Å². The number of halogens is 2. The molecule has 0 aliphatic carbocycles. The second-order valence-corrected chi connectivity index (χ2v) is 7.35. The molecule has 6 heteroatoms. The number of thioether (sulfide) groups is 1. The van der Waals surface area contributed by atoms with Crippen molar-refractivity contribution in [1.29, 1.82) is 0 Å². The summed E-state index contributed by atoms with van der Waals surface area (Å²) in [7, 11) is 0. The van der Waals surface area contributed by atoms with E-state index in [-0.39, 0.29) is 5.91 Å². The van der Waals surface area contributed by atoms with E-state index in [1.54, 1.807) is 6.07 Å². The number of rotatable bonds is 2. The zero-order chi connectivity index (χ0) is 16.4. The summed E-state index contributed by atoms with van der Waals surface area (Å²) in [5, 5.41) is 4.03. The molecule has 0 unspecified atom stereocenters. The van der Waals surface area contributed by atoms with Gasteiger partial charge in [-0.15, -0.1) is 0 Å². The number of nitrogens with one attached hydrogen (secondary N) is 1. The summed E-state index contributed by atoms with van der Waals surface area (Å²) >= 11 is 10.7. The van der Waals surface area contributed by atoms with Gasteiger partial charge in [0.25, 0.3) is 5.91 Å². The molecular weight excluding hydrogens is 396 g/mol. The molecule has 0 atom stereocenters. The monoisotopic (exact) mass is 406 g/mol. The lowest BCUT2D eigenvalue weighted by atomic mass is 10.2. The van der Waals surface area contributed by atoms with Crippen LogP contribution in [0.1, 0.15) is 11.1 Å². The Morgan fingerprint density at radius 3 is 2.65 bits per heavy atom. The van der Waals surface area contributed by atoms with Gasteiger partial charge in [0.2, 0.25) is 0 Å². The Balaban J connectivity index is 1.84. The highest BCUT2D eigenvalue weighted by Crippen LogP contribution is 2.30. The number of aryl methyl sites for hydroxylation is 1. The van der Waals surface area contributed by atoms with Gasteiger partial charge in [0.1, 0.15) is 0 Å². The molecule has 0 saturated carbocycles. The highest BCUT2D eigenvalue weighted by Gasteiger charge is 2.23. The Kier molecular flexibility index (Phi) is 4.90. The first-order valence-electron chi connectivity index (χ1n) is 6.82. The number of hydrogen-bond acceptors (Lipinski definition) is 3. The molecule has 1 saturated heterocycles. The minimum absolute atomic E-state index is 0.136. The zero-order valence-electron chi connectivity index (χ0n) is 12.1. The Morgan fingerprint density at radius 1 is 1.22 bits per heavy atom.